The molecule has 5 nitrogen and oxygen atoms in total. The predicted molar refractivity (Wildman–Crippen MR) is 65.9 cm³/mol. The first-order valence-electron chi connectivity index (χ1n) is 6.58. The summed E-state index contributed by atoms with van der Waals surface area (Å²) in [5.41, 5.74) is 0. The first kappa shape index (κ1) is 12.8. The van der Waals surface area contributed by atoms with Crippen LogP contribution < -0.4 is 10.6 Å². The van der Waals surface area contributed by atoms with Gasteiger partial charge in [-0.2, -0.15) is 0 Å². The number of carbonyl (C=O) groups is 1. The van der Waals surface area contributed by atoms with Crippen molar-refractivity contribution in [2.75, 3.05) is 39.9 Å². The van der Waals surface area contributed by atoms with Crippen molar-refractivity contribution in [3.63, 3.8) is 0 Å². The Bertz CT molecular complexity index is 252. The molecule has 1 amide bonds. The quantitative estimate of drug-likeness (QED) is 0.689. The van der Waals surface area contributed by atoms with E-state index in [9.17, 15) is 4.79 Å². The summed E-state index contributed by atoms with van der Waals surface area (Å²) < 4.78 is 5.44. The smallest absolute Gasteiger partial charge is 0.239 e. The van der Waals surface area contributed by atoms with Crippen LogP contribution >= 0.6 is 0 Å². The molecule has 2 saturated heterocycles. The van der Waals surface area contributed by atoms with Crippen LogP contribution in [0.2, 0.25) is 0 Å². The molecule has 2 aliphatic heterocycles. The third-order valence-corrected chi connectivity index (χ3v) is 3.73. The number of hydrogen-bond donors (Lipinski definition) is 2. The van der Waals surface area contributed by atoms with Crippen molar-refractivity contribution in [1.82, 2.24) is 15.5 Å². The van der Waals surface area contributed by atoms with Crippen LogP contribution in [0.25, 0.3) is 0 Å². The van der Waals surface area contributed by atoms with E-state index in [1.165, 1.54) is 12.8 Å². The third kappa shape index (κ3) is 3.18. The first-order valence-corrected chi connectivity index (χ1v) is 6.58. The van der Waals surface area contributed by atoms with Crippen molar-refractivity contribution >= 4 is 5.91 Å². The number of nitrogens with one attached hydrogen (secondary N) is 2. The highest BCUT2D eigenvalue weighted by Gasteiger charge is 2.33. The van der Waals surface area contributed by atoms with Crippen molar-refractivity contribution in [1.29, 1.82) is 0 Å². The van der Waals surface area contributed by atoms with Crippen LogP contribution in [0, 0.1) is 0 Å². The molecular formula is C12H23N3O2. The fraction of sp³-hybridized carbons (Fsp3) is 0.917. The number of rotatable bonds is 2. The maximum absolute atomic E-state index is 11.9. The van der Waals surface area contributed by atoms with Gasteiger partial charge in [-0.3, -0.25) is 9.69 Å². The number of carbonyl (C=O) groups excluding carboxylic acids is 1. The van der Waals surface area contributed by atoms with Crippen LogP contribution in [0.3, 0.4) is 0 Å². The van der Waals surface area contributed by atoms with Gasteiger partial charge in [0.1, 0.15) is 6.04 Å². The highest BCUT2D eigenvalue weighted by atomic mass is 16.5. The van der Waals surface area contributed by atoms with Gasteiger partial charge in [-0.1, -0.05) is 0 Å². The third-order valence-electron chi connectivity index (χ3n) is 3.73. The Labute approximate surface area is 103 Å². The number of hydrogen-bond acceptors (Lipinski definition) is 4. The van der Waals surface area contributed by atoms with Crippen LogP contribution in [0.4, 0.5) is 0 Å². The highest BCUT2D eigenvalue weighted by molar-refractivity contribution is 5.81. The second-order valence-corrected chi connectivity index (χ2v) is 4.78. The van der Waals surface area contributed by atoms with Crippen molar-refractivity contribution in [2.45, 2.75) is 31.3 Å². The van der Waals surface area contributed by atoms with Gasteiger partial charge in [0.15, 0.2) is 0 Å². The molecule has 0 aromatic heterocycles. The monoisotopic (exact) mass is 241 g/mol. The summed E-state index contributed by atoms with van der Waals surface area (Å²) in [6.45, 7) is 4.32. The molecule has 0 aromatic rings. The largest absolute Gasteiger partial charge is 0.378 e. The van der Waals surface area contributed by atoms with Gasteiger partial charge < -0.3 is 15.4 Å². The molecule has 0 aliphatic carbocycles. The molecule has 2 atom stereocenters. The molecule has 0 saturated carbocycles. The normalized spacial score (nSPS) is 31.8. The summed E-state index contributed by atoms with van der Waals surface area (Å²) in [5, 5.41) is 6.16. The molecule has 17 heavy (non-hydrogen) atoms. The molecule has 0 spiro atoms. The van der Waals surface area contributed by atoms with Crippen LogP contribution in [-0.2, 0) is 9.53 Å². The van der Waals surface area contributed by atoms with Gasteiger partial charge in [0, 0.05) is 19.6 Å². The van der Waals surface area contributed by atoms with E-state index in [-0.39, 0.29) is 11.9 Å². The Kier molecular flexibility index (Phi) is 4.76. The van der Waals surface area contributed by atoms with E-state index in [2.05, 4.69) is 15.5 Å². The van der Waals surface area contributed by atoms with Crippen LogP contribution in [0.5, 0.6) is 0 Å². The van der Waals surface area contributed by atoms with Crippen molar-refractivity contribution in [3.8, 4) is 0 Å². The Morgan fingerprint density at radius 3 is 3.12 bits per heavy atom. The number of ether oxygens (including phenoxy) is 1. The van der Waals surface area contributed by atoms with Gasteiger partial charge in [0.05, 0.1) is 13.2 Å². The Balaban J connectivity index is 2.01. The van der Waals surface area contributed by atoms with E-state index in [0.29, 0.717) is 12.6 Å². The van der Waals surface area contributed by atoms with E-state index in [1.54, 1.807) is 7.05 Å². The first-order chi connectivity index (χ1) is 8.33. The van der Waals surface area contributed by atoms with Gasteiger partial charge in [0.25, 0.3) is 0 Å². The molecule has 2 aliphatic rings. The topological polar surface area (TPSA) is 53.6 Å². The predicted octanol–water partition coefficient (Wildman–Crippen LogP) is -0.425. The minimum absolute atomic E-state index is 0.0851. The molecule has 2 unspecified atom stereocenters. The van der Waals surface area contributed by atoms with E-state index < -0.39 is 0 Å². The lowest BCUT2D eigenvalue weighted by atomic mass is 10.0. The van der Waals surface area contributed by atoms with Gasteiger partial charge in [-0.05, 0) is 32.4 Å². The average molecular weight is 241 g/mol. The lowest BCUT2D eigenvalue weighted by molar-refractivity contribution is -0.134. The molecule has 0 bridgehead atoms. The summed E-state index contributed by atoms with van der Waals surface area (Å²) in [6.07, 6.45) is 3.51. The Hall–Kier alpha value is -0.650. The highest BCUT2D eigenvalue weighted by Crippen LogP contribution is 2.19. The van der Waals surface area contributed by atoms with Crippen molar-refractivity contribution in [2.24, 2.45) is 0 Å². The van der Waals surface area contributed by atoms with Crippen LogP contribution in [0.1, 0.15) is 19.3 Å². The molecule has 2 fully saturated rings. The second-order valence-electron chi connectivity index (χ2n) is 4.78. The molecular weight excluding hydrogens is 218 g/mol. The zero-order valence-corrected chi connectivity index (χ0v) is 10.6. The fourth-order valence-corrected chi connectivity index (χ4v) is 2.78. The maximum atomic E-state index is 11.9. The number of nitrogens with zero attached hydrogens (tertiary/aromatic N) is 1. The Morgan fingerprint density at radius 1 is 1.41 bits per heavy atom. The lowest BCUT2D eigenvalue weighted by Crippen LogP contribution is -2.56. The van der Waals surface area contributed by atoms with E-state index >= 15 is 0 Å². The van der Waals surface area contributed by atoms with E-state index in [0.717, 1.165) is 32.7 Å². The summed E-state index contributed by atoms with van der Waals surface area (Å²) in [7, 11) is 1.70. The lowest BCUT2D eigenvalue weighted by Gasteiger charge is -2.39. The van der Waals surface area contributed by atoms with E-state index in [1.807, 2.05) is 0 Å². The minimum Gasteiger partial charge on any atom is -0.378 e. The zero-order valence-electron chi connectivity index (χ0n) is 10.6. The molecule has 2 rings (SSSR count). The van der Waals surface area contributed by atoms with Crippen molar-refractivity contribution < 1.29 is 9.53 Å². The van der Waals surface area contributed by atoms with Crippen molar-refractivity contribution in [3.05, 3.63) is 0 Å². The summed E-state index contributed by atoms with van der Waals surface area (Å²) in [5.74, 6) is 0.0851. The van der Waals surface area contributed by atoms with Gasteiger partial charge >= 0.3 is 0 Å². The van der Waals surface area contributed by atoms with Gasteiger partial charge in [-0.25, -0.2) is 0 Å². The SMILES string of the molecule is CNC(=O)C1COCCN1C1CCCNCC1. The molecule has 0 radical (unpaired) electrons. The van der Waals surface area contributed by atoms with Gasteiger partial charge in [-0.15, -0.1) is 0 Å². The summed E-state index contributed by atoms with van der Waals surface area (Å²) >= 11 is 0. The van der Waals surface area contributed by atoms with Gasteiger partial charge in [0.2, 0.25) is 5.91 Å². The van der Waals surface area contributed by atoms with Crippen LogP contribution in [0.15, 0.2) is 0 Å². The summed E-state index contributed by atoms with van der Waals surface area (Å²) in [4.78, 5) is 14.2. The maximum Gasteiger partial charge on any atom is 0.239 e. The molecule has 0 aromatic carbocycles. The fourth-order valence-electron chi connectivity index (χ4n) is 2.78. The molecule has 98 valence electrons. The minimum atomic E-state index is -0.100. The number of likely N-dealkylation sites (N-methyl/N-ethyl adjacent to an activating group) is 1. The molecule has 2 heterocycles. The number of morpholine rings is 1. The number of amides is 1. The molecule has 5 heteroatoms. The van der Waals surface area contributed by atoms with Crippen LogP contribution in [-0.4, -0.2) is 62.8 Å². The average Bonchev–Trinajstić information content (AvgIpc) is 2.66. The summed E-state index contributed by atoms with van der Waals surface area (Å²) in [6, 6.07) is 0.424. The van der Waals surface area contributed by atoms with E-state index in [4.69, 9.17) is 4.74 Å². The standard InChI is InChI=1S/C12H23N3O2/c1-13-12(16)11-9-17-8-7-15(11)10-3-2-5-14-6-4-10/h10-11,14H,2-9H2,1H3,(H,13,16). The molecule has 2 N–H and O–H groups in total. The Morgan fingerprint density at radius 2 is 2.29 bits per heavy atom. The second kappa shape index (κ2) is 6.33. The zero-order chi connectivity index (χ0) is 12.1.